The van der Waals surface area contributed by atoms with Crippen molar-refractivity contribution in [1.82, 2.24) is 0 Å². The summed E-state index contributed by atoms with van der Waals surface area (Å²) in [5.41, 5.74) is 1.88. The fraction of sp³-hybridized carbons (Fsp3) is 0.261. The molecular formula is C23H21Cl2NO3S2. The minimum absolute atomic E-state index is 0.0526. The Morgan fingerprint density at radius 1 is 1.06 bits per heavy atom. The molecule has 1 N–H and O–H groups in total. The number of hydrogen-bond donors (Lipinski definition) is 1. The second-order valence-corrected chi connectivity index (χ2v) is 10.2. The van der Waals surface area contributed by atoms with Gasteiger partial charge in [-0.25, -0.2) is 0 Å². The summed E-state index contributed by atoms with van der Waals surface area (Å²) in [6, 6.07) is 8.54. The Morgan fingerprint density at radius 2 is 1.74 bits per heavy atom. The van der Waals surface area contributed by atoms with Gasteiger partial charge in [0.15, 0.2) is 11.6 Å². The summed E-state index contributed by atoms with van der Waals surface area (Å²) < 4.78 is 0. The highest BCUT2D eigenvalue weighted by Crippen LogP contribution is 2.40. The molecule has 0 atom stereocenters. The van der Waals surface area contributed by atoms with Gasteiger partial charge in [0.05, 0.1) is 24.7 Å². The van der Waals surface area contributed by atoms with Crippen LogP contribution < -0.4 is 0 Å². The molecule has 4 nitrogen and oxygen atoms in total. The number of thiophene rings is 2. The van der Waals surface area contributed by atoms with E-state index in [0.29, 0.717) is 42.4 Å². The van der Waals surface area contributed by atoms with Crippen LogP contribution in [0.5, 0.6) is 5.75 Å². The van der Waals surface area contributed by atoms with E-state index in [0.717, 1.165) is 5.56 Å². The van der Waals surface area contributed by atoms with Gasteiger partial charge in [-0.15, -0.1) is 22.7 Å². The van der Waals surface area contributed by atoms with Crippen LogP contribution in [0.1, 0.15) is 52.1 Å². The number of aliphatic imine (C=N–C) groups is 1. The van der Waals surface area contributed by atoms with E-state index in [2.05, 4.69) is 4.99 Å². The highest BCUT2D eigenvalue weighted by molar-refractivity contribution is 7.16. The van der Waals surface area contributed by atoms with E-state index < -0.39 is 0 Å². The maximum absolute atomic E-state index is 12.5. The van der Waals surface area contributed by atoms with Gasteiger partial charge in [-0.05, 0) is 42.7 Å². The van der Waals surface area contributed by atoms with Crippen LogP contribution in [0, 0.1) is 5.92 Å². The average molecular weight is 494 g/mol. The Labute approximate surface area is 199 Å². The lowest BCUT2D eigenvalue weighted by atomic mass is 10.1. The first-order valence-corrected chi connectivity index (χ1v) is 12.1. The Morgan fingerprint density at radius 3 is 2.39 bits per heavy atom. The van der Waals surface area contributed by atoms with E-state index >= 15 is 0 Å². The summed E-state index contributed by atoms with van der Waals surface area (Å²) in [6.07, 6.45) is 0.462. The van der Waals surface area contributed by atoms with Gasteiger partial charge in [-0.3, -0.25) is 14.6 Å². The lowest BCUT2D eigenvalue weighted by molar-refractivity contribution is 0.0970. The highest BCUT2D eigenvalue weighted by Gasteiger charge is 2.17. The molecule has 0 saturated carbocycles. The van der Waals surface area contributed by atoms with Crippen LogP contribution in [-0.2, 0) is 0 Å². The minimum Gasteiger partial charge on any atom is -0.506 e. The summed E-state index contributed by atoms with van der Waals surface area (Å²) in [6.45, 7) is 5.67. The van der Waals surface area contributed by atoms with Crippen molar-refractivity contribution in [3.05, 3.63) is 61.1 Å². The zero-order valence-corrected chi connectivity index (χ0v) is 20.4. The molecule has 0 unspecified atom stereocenters. The lowest BCUT2D eigenvalue weighted by Crippen LogP contribution is -2.04. The van der Waals surface area contributed by atoms with Gasteiger partial charge in [0.25, 0.3) is 0 Å². The minimum atomic E-state index is -0.160. The van der Waals surface area contributed by atoms with Gasteiger partial charge in [-0.1, -0.05) is 43.1 Å². The molecule has 0 aliphatic rings. The average Bonchev–Trinajstić information content (AvgIpc) is 3.35. The fourth-order valence-corrected chi connectivity index (χ4v) is 5.10. The van der Waals surface area contributed by atoms with Crippen LogP contribution in [0.15, 0.2) is 40.7 Å². The quantitative estimate of drug-likeness (QED) is 0.262. The Hall–Kier alpha value is -1.99. The van der Waals surface area contributed by atoms with Gasteiger partial charge in [0.1, 0.15) is 12.3 Å². The third kappa shape index (κ3) is 5.63. The van der Waals surface area contributed by atoms with Gasteiger partial charge in [-0.2, -0.15) is 0 Å². The summed E-state index contributed by atoms with van der Waals surface area (Å²) in [5.74, 6) is 0.256. The van der Waals surface area contributed by atoms with Gasteiger partial charge < -0.3 is 5.11 Å². The number of halogens is 2. The van der Waals surface area contributed by atoms with Crippen LogP contribution in [0.3, 0.4) is 0 Å². The van der Waals surface area contributed by atoms with Gasteiger partial charge >= 0.3 is 0 Å². The van der Waals surface area contributed by atoms with Crippen molar-refractivity contribution in [2.75, 3.05) is 6.54 Å². The summed E-state index contributed by atoms with van der Waals surface area (Å²) in [7, 11) is 0. The molecular weight excluding hydrogens is 473 g/mol. The zero-order valence-electron chi connectivity index (χ0n) is 17.2. The number of hydrogen-bond acceptors (Lipinski definition) is 6. The van der Waals surface area contributed by atoms with Crippen molar-refractivity contribution in [3.8, 4) is 16.2 Å². The maximum atomic E-state index is 12.5. The van der Waals surface area contributed by atoms with Crippen molar-refractivity contribution in [2.45, 2.75) is 27.2 Å². The third-order valence-corrected chi connectivity index (χ3v) is 7.47. The molecule has 0 fully saturated rings. The molecule has 3 aromatic rings. The SMILES string of the molecule is CC(=NCC(=O)c1ccc(C(=O)CC(C)C)s1)c1csc(-c2ccc(Cl)c(Cl)c2)c1O. The molecule has 2 heterocycles. The third-order valence-electron chi connectivity index (χ3n) is 4.55. The Balaban J connectivity index is 1.73. The van der Waals surface area contributed by atoms with Crippen molar-refractivity contribution in [1.29, 1.82) is 0 Å². The maximum Gasteiger partial charge on any atom is 0.194 e. The lowest BCUT2D eigenvalue weighted by Gasteiger charge is -2.03. The van der Waals surface area contributed by atoms with E-state index in [1.54, 1.807) is 42.6 Å². The first-order valence-electron chi connectivity index (χ1n) is 9.61. The number of Topliss-reactive ketones (excluding diaryl/α,β-unsaturated/α-hetero) is 2. The summed E-state index contributed by atoms with van der Waals surface area (Å²) in [5, 5.41) is 13.3. The molecule has 3 rings (SSSR count). The smallest absolute Gasteiger partial charge is 0.194 e. The van der Waals surface area contributed by atoms with Crippen LogP contribution in [0.4, 0.5) is 0 Å². The highest BCUT2D eigenvalue weighted by atomic mass is 35.5. The number of ketones is 2. The van der Waals surface area contributed by atoms with Gasteiger partial charge in [0.2, 0.25) is 0 Å². The molecule has 0 saturated heterocycles. The number of rotatable bonds is 8. The predicted molar refractivity (Wildman–Crippen MR) is 131 cm³/mol. The molecule has 0 bridgehead atoms. The molecule has 8 heteroatoms. The molecule has 2 aromatic heterocycles. The second kappa shape index (κ2) is 10.1. The molecule has 31 heavy (non-hydrogen) atoms. The molecule has 162 valence electrons. The number of aromatic hydroxyl groups is 1. The van der Waals surface area contributed by atoms with Crippen LogP contribution in [-0.4, -0.2) is 28.9 Å². The predicted octanol–water partition coefficient (Wildman–Crippen LogP) is 7.41. The molecule has 0 aliphatic carbocycles. The Kier molecular flexibility index (Phi) is 7.70. The van der Waals surface area contributed by atoms with E-state index in [9.17, 15) is 14.7 Å². The van der Waals surface area contributed by atoms with Crippen molar-refractivity contribution in [3.63, 3.8) is 0 Å². The normalized spacial score (nSPS) is 11.9. The Bertz CT molecular complexity index is 1160. The monoisotopic (exact) mass is 493 g/mol. The van der Waals surface area contributed by atoms with E-state index in [-0.39, 0.29) is 29.8 Å². The van der Waals surface area contributed by atoms with Crippen LogP contribution >= 0.6 is 45.9 Å². The van der Waals surface area contributed by atoms with Crippen LogP contribution in [0.2, 0.25) is 10.0 Å². The summed E-state index contributed by atoms with van der Waals surface area (Å²) >= 11 is 14.6. The topological polar surface area (TPSA) is 66.7 Å². The molecule has 1 aromatic carbocycles. The standard InChI is InChI=1S/C23H21Cl2NO3S2/c1-12(2)8-18(27)20-6-7-21(31-20)19(28)10-26-13(3)15-11-30-23(22(15)29)14-4-5-16(24)17(25)9-14/h4-7,9,11-12,29H,8,10H2,1-3H3. The fourth-order valence-electron chi connectivity index (χ4n) is 2.91. The zero-order chi connectivity index (χ0) is 22.7. The van der Waals surface area contributed by atoms with E-state index in [4.69, 9.17) is 23.2 Å². The van der Waals surface area contributed by atoms with E-state index in [1.807, 2.05) is 13.8 Å². The molecule has 0 amide bonds. The number of carbonyl (C=O) groups excluding carboxylic acids is 2. The second-order valence-electron chi connectivity index (χ2n) is 7.47. The number of nitrogens with zero attached hydrogens (tertiary/aromatic N) is 1. The summed E-state index contributed by atoms with van der Waals surface area (Å²) in [4.78, 5) is 30.8. The van der Waals surface area contributed by atoms with E-state index in [1.165, 1.54) is 22.7 Å². The molecule has 0 radical (unpaired) electrons. The van der Waals surface area contributed by atoms with Gasteiger partial charge in [0, 0.05) is 23.1 Å². The largest absolute Gasteiger partial charge is 0.506 e. The van der Waals surface area contributed by atoms with Crippen LogP contribution in [0.25, 0.3) is 10.4 Å². The first kappa shape index (κ1) is 23.7. The molecule has 0 spiro atoms. The van der Waals surface area contributed by atoms with Crippen molar-refractivity contribution >= 4 is 63.2 Å². The number of carbonyl (C=O) groups is 2. The first-order chi connectivity index (χ1) is 14.7. The van der Waals surface area contributed by atoms with Crippen molar-refractivity contribution in [2.24, 2.45) is 10.9 Å². The molecule has 0 aliphatic heterocycles. The number of benzene rings is 1. The van der Waals surface area contributed by atoms with Crippen molar-refractivity contribution < 1.29 is 14.7 Å².